The van der Waals surface area contributed by atoms with E-state index in [2.05, 4.69) is 10.3 Å². The number of aryl methyl sites for hydroxylation is 1. The molecule has 1 fully saturated rings. The minimum atomic E-state index is -4.66. The van der Waals surface area contributed by atoms with Gasteiger partial charge in [-0.1, -0.05) is 0 Å². The number of nitrogens with zero attached hydrogens (tertiary/aromatic N) is 2. The van der Waals surface area contributed by atoms with E-state index in [1.807, 2.05) is 0 Å². The number of alkyl halides is 3. The molecule has 0 spiro atoms. The monoisotopic (exact) mass is 381 g/mol. The van der Waals surface area contributed by atoms with Gasteiger partial charge in [-0.3, -0.25) is 10.1 Å². The summed E-state index contributed by atoms with van der Waals surface area (Å²) in [4.78, 5) is 29.5. The molecule has 3 rings (SSSR count). The molecule has 2 N–H and O–H groups in total. The van der Waals surface area contributed by atoms with E-state index < -0.39 is 43.1 Å². The molecule has 2 aliphatic heterocycles. The zero-order valence-corrected chi connectivity index (χ0v) is 13.9. The number of carbonyl (C=O) groups excluding carboxylic acids is 1. The van der Waals surface area contributed by atoms with E-state index in [-0.39, 0.29) is 0 Å². The van der Waals surface area contributed by atoms with Crippen LogP contribution in [0.25, 0.3) is 0 Å². The number of carbonyl (C=O) groups is 2. The van der Waals surface area contributed by atoms with Gasteiger partial charge in [-0.15, -0.1) is 11.3 Å². The van der Waals surface area contributed by atoms with Gasteiger partial charge in [-0.05, 0) is 12.2 Å². The highest BCUT2D eigenvalue weighted by Crippen LogP contribution is 2.38. The standard InChI is InChI=1S/C13H14F3N3O3S2/c14-13(15,16)7-4-19(3-6(7)10(20)21)12(22)18-11-17-8-1-2-23-5-9(8)24-11/h6-7H,1-5H2,(H,20,21)(H,17,18,22)/t6-,7-/m1/s1. The highest BCUT2D eigenvalue weighted by molar-refractivity contribution is 7.98. The number of aromatic nitrogens is 1. The van der Waals surface area contributed by atoms with Crippen LogP contribution >= 0.6 is 23.1 Å². The summed E-state index contributed by atoms with van der Waals surface area (Å²) in [6.45, 7) is -1.13. The first-order valence-corrected chi connectivity index (χ1v) is 9.14. The van der Waals surface area contributed by atoms with E-state index in [4.69, 9.17) is 5.11 Å². The molecule has 1 saturated heterocycles. The van der Waals surface area contributed by atoms with Crippen LogP contribution in [0.5, 0.6) is 0 Å². The Labute approximate surface area is 143 Å². The number of likely N-dealkylation sites (tertiary alicyclic amines) is 1. The third-order valence-corrected chi connectivity index (χ3v) is 6.23. The second kappa shape index (κ2) is 6.43. The number of thiazole rings is 1. The number of aliphatic carboxylic acids is 1. The smallest absolute Gasteiger partial charge is 0.394 e. The maximum absolute atomic E-state index is 13.0. The third-order valence-electron chi connectivity index (χ3n) is 4.05. The van der Waals surface area contributed by atoms with Gasteiger partial charge in [-0.25, -0.2) is 9.78 Å². The van der Waals surface area contributed by atoms with Crippen molar-refractivity contribution in [1.29, 1.82) is 0 Å². The van der Waals surface area contributed by atoms with Gasteiger partial charge in [0.1, 0.15) is 0 Å². The van der Waals surface area contributed by atoms with Crippen LogP contribution in [0.2, 0.25) is 0 Å². The Balaban J connectivity index is 1.69. The van der Waals surface area contributed by atoms with E-state index in [1.165, 1.54) is 11.3 Å². The van der Waals surface area contributed by atoms with Gasteiger partial charge in [0.05, 0.1) is 17.5 Å². The molecule has 1 aromatic rings. The Morgan fingerprint density at radius 3 is 2.67 bits per heavy atom. The molecule has 1 aromatic heterocycles. The van der Waals surface area contributed by atoms with Crippen molar-refractivity contribution in [1.82, 2.24) is 9.88 Å². The molecule has 11 heteroatoms. The summed E-state index contributed by atoms with van der Waals surface area (Å²) < 4.78 is 38.9. The average molecular weight is 381 g/mol. The molecular formula is C13H14F3N3O3S2. The molecule has 2 amide bonds. The lowest BCUT2D eigenvalue weighted by molar-refractivity contribution is -0.187. The van der Waals surface area contributed by atoms with Crippen LogP contribution in [0.4, 0.5) is 23.1 Å². The molecule has 132 valence electrons. The zero-order valence-electron chi connectivity index (χ0n) is 12.3. The number of fused-ring (bicyclic) bond motifs is 1. The second-order valence-electron chi connectivity index (χ2n) is 5.62. The number of hydrogen-bond acceptors (Lipinski definition) is 5. The SMILES string of the molecule is O=C(O)[C@@H]1CN(C(=O)Nc2nc3c(s2)CSCC3)C[C@H]1C(F)(F)F. The summed E-state index contributed by atoms with van der Waals surface area (Å²) in [6.07, 6.45) is -3.86. The van der Waals surface area contributed by atoms with Crippen LogP contribution in [-0.2, 0) is 17.0 Å². The first-order valence-electron chi connectivity index (χ1n) is 7.17. The van der Waals surface area contributed by atoms with Crippen LogP contribution in [0.15, 0.2) is 0 Å². The van der Waals surface area contributed by atoms with Crippen molar-refractivity contribution < 1.29 is 27.9 Å². The second-order valence-corrected chi connectivity index (χ2v) is 7.81. The average Bonchev–Trinajstić information content (AvgIpc) is 3.10. The summed E-state index contributed by atoms with van der Waals surface area (Å²) >= 11 is 3.07. The number of nitrogens with one attached hydrogen (secondary N) is 1. The number of hydrogen-bond donors (Lipinski definition) is 2. The number of carboxylic acids is 1. The Kier molecular flexibility index (Phi) is 4.65. The molecule has 0 radical (unpaired) electrons. The molecular weight excluding hydrogens is 367 g/mol. The summed E-state index contributed by atoms with van der Waals surface area (Å²) in [5, 5.41) is 11.8. The van der Waals surface area contributed by atoms with Crippen LogP contribution in [0.1, 0.15) is 10.6 Å². The van der Waals surface area contributed by atoms with E-state index in [1.54, 1.807) is 11.8 Å². The lowest BCUT2D eigenvalue weighted by Gasteiger charge is -2.18. The van der Waals surface area contributed by atoms with E-state index in [9.17, 15) is 22.8 Å². The number of thioether (sulfide) groups is 1. The lowest BCUT2D eigenvalue weighted by Crippen LogP contribution is -2.35. The summed E-state index contributed by atoms with van der Waals surface area (Å²) in [5.41, 5.74) is 0.909. The van der Waals surface area contributed by atoms with Crippen LogP contribution in [-0.4, -0.2) is 52.0 Å². The molecule has 0 aliphatic carbocycles. The number of carboxylic acid groups (broad SMARTS) is 1. The number of anilines is 1. The Bertz CT molecular complexity index is 641. The molecule has 6 nitrogen and oxygen atoms in total. The van der Waals surface area contributed by atoms with Crippen molar-refractivity contribution in [3.63, 3.8) is 0 Å². The van der Waals surface area contributed by atoms with Gasteiger partial charge < -0.3 is 10.0 Å². The van der Waals surface area contributed by atoms with E-state index in [0.29, 0.717) is 5.13 Å². The number of rotatable bonds is 2. The van der Waals surface area contributed by atoms with Crippen LogP contribution in [0, 0.1) is 11.8 Å². The molecule has 24 heavy (non-hydrogen) atoms. The topological polar surface area (TPSA) is 82.5 Å². The van der Waals surface area contributed by atoms with Gasteiger partial charge in [0.2, 0.25) is 0 Å². The van der Waals surface area contributed by atoms with Crippen molar-refractivity contribution in [2.24, 2.45) is 11.8 Å². The highest BCUT2D eigenvalue weighted by Gasteiger charge is 2.53. The normalized spacial score (nSPS) is 23.9. The van der Waals surface area contributed by atoms with Gasteiger partial charge in [-0.2, -0.15) is 24.9 Å². The number of urea groups is 1. The number of halogens is 3. The molecule has 2 aliphatic rings. The predicted octanol–water partition coefficient (Wildman–Crippen LogP) is 2.66. The maximum Gasteiger partial charge on any atom is 0.394 e. The fraction of sp³-hybridized carbons (Fsp3) is 0.615. The molecule has 2 atom stereocenters. The largest absolute Gasteiger partial charge is 0.481 e. The zero-order chi connectivity index (χ0) is 17.5. The maximum atomic E-state index is 13.0. The molecule has 0 aromatic carbocycles. The molecule has 0 bridgehead atoms. The summed E-state index contributed by atoms with van der Waals surface area (Å²) in [6, 6.07) is -0.744. The van der Waals surface area contributed by atoms with Crippen molar-refractivity contribution in [3.05, 3.63) is 10.6 Å². The quantitative estimate of drug-likeness (QED) is 0.823. The van der Waals surface area contributed by atoms with Gasteiger partial charge in [0.15, 0.2) is 5.13 Å². The summed E-state index contributed by atoms with van der Waals surface area (Å²) in [5.74, 6) is -3.49. The van der Waals surface area contributed by atoms with Crippen molar-refractivity contribution in [2.75, 3.05) is 24.2 Å². The summed E-state index contributed by atoms with van der Waals surface area (Å²) in [7, 11) is 0. The molecule has 0 saturated carbocycles. The minimum Gasteiger partial charge on any atom is -0.481 e. The fourth-order valence-electron chi connectivity index (χ4n) is 2.80. The van der Waals surface area contributed by atoms with Gasteiger partial charge in [0, 0.05) is 23.7 Å². The van der Waals surface area contributed by atoms with Crippen LogP contribution in [0.3, 0.4) is 0 Å². The third kappa shape index (κ3) is 3.46. The van der Waals surface area contributed by atoms with Crippen LogP contribution < -0.4 is 5.32 Å². The first-order chi connectivity index (χ1) is 11.3. The van der Waals surface area contributed by atoms with Crippen molar-refractivity contribution >= 4 is 40.2 Å². The van der Waals surface area contributed by atoms with E-state index in [0.717, 1.165) is 33.4 Å². The van der Waals surface area contributed by atoms with Gasteiger partial charge in [0.25, 0.3) is 0 Å². The first kappa shape index (κ1) is 17.3. The van der Waals surface area contributed by atoms with Crippen molar-refractivity contribution in [2.45, 2.75) is 18.3 Å². The minimum absolute atomic E-state index is 0.342. The fourth-order valence-corrected chi connectivity index (χ4v) is 4.91. The Hall–Kier alpha value is -1.49. The van der Waals surface area contributed by atoms with E-state index >= 15 is 0 Å². The Morgan fingerprint density at radius 1 is 1.33 bits per heavy atom. The van der Waals surface area contributed by atoms with Gasteiger partial charge >= 0.3 is 18.2 Å². The number of amides is 2. The highest BCUT2D eigenvalue weighted by atomic mass is 32.2. The molecule has 3 heterocycles. The lowest BCUT2D eigenvalue weighted by atomic mass is 9.96. The van der Waals surface area contributed by atoms with Crippen molar-refractivity contribution in [3.8, 4) is 0 Å². The Morgan fingerprint density at radius 2 is 2.08 bits per heavy atom. The molecule has 0 unspecified atom stereocenters. The predicted molar refractivity (Wildman–Crippen MR) is 83.2 cm³/mol.